The Morgan fingerprint density at radius 1 is 0.659 bits per heavy atom. The smallest absolute Gasteiger partial charge is 0.305 e. The van der Waals surface area contributed by atoms with Crippen LogP contribution in [0.3, 0.4) is 0 Å². The fourth-order valence-electron chi connectivity index (χ4n) is 5.96. The Hall–Kier alpha value is -4.98. The van der Waals surface area contributed by atoms with Gasteiger partial charge >= 0.3 is 11.9 Å². The normalized spacial score (nSPS) is 12.9. The van der Waals surface area contributed by atoms with Crippen molar-refractivity contribution in [2.45, 2.75) is 53.4 Å². The quantitative estimate of drug-likeness (QED) is 0.257. The van der Waals surface area contributed by atoms with E-state index in [-0.39, 0.29) is 24.8 Å². The van der Waals surface area contributed by atoms with E-state index >= 15 is 0 Å². The van der Waals surface area contributed by atoms with E-state index < -0.39 is 0 Å². The fraction of sp³-hybridized carbons (Fsp3) is 0.278. The van der Waals surface area contributed by atoms with Crippen molar-refractivity contribution in [2.75, 3.05) is 14.2 Å². The summed E-state index contributed by atoms with van der Waals surface area (Å²) < 4.78 is 9.88. The molecule has 8 bridgehead atoms. The summed E-state index contributed by atoms with van der Waals surface area (Å²) in [6.45, 7) is 16.4. The number of aromatic amines is 2. The number of ether oxygens (including phenoxy) is 2. The van der Waals surface area contributed by atoms with Crippen LogP contribution < -0.4 is 0 Å². The molecule has 226 valence electrons. The van der Waals surface area contributed by atoms with E-state index in [0.29, 0.717) is 12.8 Å². The highest BCUT2D eigenvalue weighted by atomic mass is 16.5. The first kappa shape index (κ1) is 30.5. The van der Waals surface area contributed by atoms with Crippen LogP contribution in [0.15, 0.2) is 37.4 Å². The Balaban J connectivity index is 1.89. The predicted octanol–water partition coefficient (Wildman–Crippen LogP) is 7.99. The van der Waals surface area contributed by atoms with E-state index in [4.69, 9.17) is 19.4 Å². The van der Waals surface area contributed by atoms with Crippen molar-refractivity contribution in [3.05, 3.63) is 82.5 Å². The first-order valence-electron chi connectivity index (χ1n) is 14.6. The molecule has 5 heterocycles. The number of aromatic nitrogens is 4. The lowest BCUT2D eigenvalue weighted by atomic mass is 9.98. The maximum absolute atomic E-state index is 12.2. The van der Waals surface area contributed by atoms with E-state index in [0.717, 1.165) is 89.4 Å². The summed E-state index contributed by atoms with van der Waals surface area (Å²) in [7, 11) is 2.79. The number of hydrogen-bond acceptors (Lipinski definition) is 6. The third-order valence-corrected chi connectivity index (χ3v) is 8.66. The third kappa shape index (κ3) is 5.55. The van der Waals surface area contributed by atoms with Gasteiger partial charge in [0.2, 0.25) is 0 Å². The summed E-state index contributed by atoms with van der Waals surface area (Å²) in [6.07, 6.45) is 5.09. The van der Waals surface area contributed by atoms with Gasteiger partial charge in [0.1, 0.15) is 0 Å². The van der Waals surface area contributed by atoms with Gasteiger partial charge in [-0.15, -0.1) is 0 Å². The van der Waals surface area contributed by atoms with E-state index in [1.165, 1.54) is 14.2 Å². The summed E-state index contributed by atoms with van der Waals surface area (Å²) in [4.78, 5) is 41.6. The van der Waals surface area contributed by atoms with Crippen LogP contribution in [0.25, 0.3) is 56.5 Å². The highest BCUT2D eigenvalue weighted by molar-refractivity contribution is 5.97. The van der Waals surface area contributed by atoms with Gasteiger partial charge in [-0.05, 0) is 98.2 Å². The SMILES string of the molecule is C=Cc1c(C)c2cc3[nH]c(cc4nc(cc5nc(cc1[nH]2)C(C)=C5CCC(=O)OC)C(CCC(=O)OC)=C4C)c(C=C)c3C. The molecule has 5 rings (SSSR count). The van der Waals surface area contributed by atoms with Crippen LogP contribution in [0.2, 0.25) is 0 Å². The monoisotopic (exact) mass is 590 g/mol. The number of nitrogens with zero attached hydrogens (tertiary/aromatic N) is 2. The number of H-pyrrole nitrogens is 2. The molecule has 0 saturated heterocycles. The lowest BCUT2D eigenvalue weighted by Gasteiger charge is -2.06. The second kappa shape index (κ2) is 12.3. The molecule has 0 aliphatic carbocycles. The molecule has 0 unspecified atom stereocenters. The standard InChI is InChI=1S/C36H38N4O4/c1-9-23-19(3)27-15-28-20(4)24(10-2)32(38-28)17-30-22(6)26(12-14-36(42)44-8)34(40-30)18-33-25(11-13-35(41)43-7)21(5)29(39-33)16-31(23)37-27/h9-10,15-18,37-38H,1-2,11-14H2,3-8H3. The highest BCUT2D eigenvalue weighted by Gasteiger charge is 2.23. The zero-order valence-electron chi connectivity index (χ0n) is 26.2. The number of fused-ring (bicyclic) bond motifs is 8. The molecule has 0 spiro atoms. The topological polar surface area (TPSA) is 110 Å². The van der Waals surface area contributed by atoms with Crippen molar-refractivity contribution in [2.24, 2.45) is 0 Å². The minimum atomic E-state index is -0.286. The number of methoxy groups -OCH3 is 2. The number of carbonyl (C=O) groups is 2. The second-order valence-electron chi connectivity index (χ2n) is 11.1. The number of carbonyl (C=O) groups excluding carboxylic acids is 2. The van der Waals surface area contributed by atoms with Gasteiger partial charge in [-0.25, -0.2) is 9.97 Å². The van der Waals surface area contributed by atoms with Crippen LogP contribution in [-0.4, -0.2) is 46.1 Å². The maximum Gasteiger partial charge on any atom is 0.305 e. The Morgan fingerprint density at radius 2 is 1.07 bits per heavy atom. The minimum absolute atomic E-state index is 0.224. The zero-order chi connectivity index (χ0) is 31.7. The van der Waals surface area contributed by atoms with Gasteiger partial charge in [0.25, 0.3) is 0 Å². The van der Waals surface area contributed by atoms with Crippen molar-refractivity contribution in [3.63, 3.8) is 0 Å². The van der Waals surface area contributed by atoms with Gasteiger partial charge in [0.15, 0.2) is 0 Å². The summed E-state index contributed by atoms with van der Waals surface area (Å²) in [5.74, 6) is -0.572. The van der Waals surface area contributed by atoms with E-state index in [9.17, 15) is 9.59 Å². The van der Waals surface area contributed by atoms with Gasteiger partial charge < -0.3 is 19.4 Å². The lowest BCUT2D eigenvalue weighted by Crippen LogP contribution is -2.01. The molecule has 2 aliphatic heterocycles. The molecular weight excluding hydrogens is 552 g/mol. The van der Waals surface area contributed by atoms with Crippen molar-refractivity contribution >= 4 is 68.4 Å². The van der Waals surface area contributed by atoms with Crippen molar-refractivity contribution in [1.82, 2.24) is 19.9 Å². The Labute approximate surface area is 257 Å². The van der Waals surface area contributed by atoms with Gasteiger partial charge in [-0.1, -0.05) is 25.3 Å². The first-order valence-corrected chi connectivity index (χ1v) is 14.6. The van der Waals surface area contributed by atoms with E-state index in [1.807, 2.05) is 44.2 Å². The van der Waals surface area contributed by atoms with Crippen molar-refractivity contribution in [3.8, 4) is 0 Å². The molecule has 3 aromatic heterocycles. The van der Waals surface area contributed by atoms with Crippen LogP contribution >= 0.6 is 0 Å². The van der Waals surface area contributed by atoms with Crippen LogP contribution in [0, 0.1) is 13.8 Å². The molecule has 0 amide bonds. The van der Waals surface area contributed by atoms with Gasteiger partial charge in [0.05, 0.1) is 37.0 Å². The highest BCUT2D eigenvalue weighted by Crippen LogP contribution is 2.38. The summed E-state index contributed by atoms with van der Waals surface area (Å²) in [5, 5.41) is 0. The second-order valence-corrected chi connectivity index (χ2v) is 11.1. The number of nitrogens with one attached hydrogen (secondary N) is 2. The zero-order valence-corrected chi connectivity index (χ0v) is 26.2. The van der Waals surface area contributed by atoms with E-state index in [2.05, 4.69) is 43.0 Å². The van der Waals surface area contributed by atoms with Crippen molar-refractivity contribution < 1.29 is 19.1 Å². The van der Waals surface area contributed by atoms with Crippen LogP contribution in [0.4, 0.5) is 0 Å². The number of allylic oxidation sites excluding steroid dienone is 4. The van der Waals surface area contributed by atoms with Crippen LogP contribution in [0.1, 0.15) is 84.6 Å². The molecule has 0 saturated carbocycles. The molecule has 44 heavy (non-hydrogen) atoms. The van der Waals surface area contributed by atoms with Crippen LogP contribution in [0.5, 0.6) is 0 Å². The number of esters is 2. The molecule has 8 heteroatoms. The predicted molar refractivity (Wildman–Crippen MR) is 178 cm³/mol. The Bertz CT molecular complexity index is 1810. The maximum atomic E-state index is 12.2. The molecule has 0 aromatic carbocycles. The molecule has 0 fully saturated rings. The third-order valence-electron chi connectivity index (χ3n) is 8.66. The molecule has 0 atom stereocenters. The number of aryl methyl sites for hydroxylation is 2. The van der Waals surface area contributed by atoms with Gasteiger partial charge in [0, 0.05) is 46.0 Å². The molecule has 3 aromatic rings. The lowest BCUT2D eigenvalue weighted by molar-refractivity contribution is -0.141. The number of rotatable bonds is 8. The molecular formula is C36H38N4O4. The minimum Gasteiger partial charge on any atom is -0.469 e. The van der Waals surface area contributed by atoms with Crippen LogP contribution in [-0.2, 0) is 19.1 Å². The molecule has 8 nitrogen and oxygen atoms in total. The molecule has 2 aliphatic rings. The summed E-state index contributed by atoms with van der Waals surface area (Å²) >= 11 is 0. The van der Waals surface area contributed by atoms with Gasteiger partial charge in [-0.3, -0.25) is 9.59 Å². The largest absolute Gasteiger partial charge is 0.469 e. The van der Waals surface area contributed by atoms with E-state index in [1.54, 1.807) is 0 Å². The fourth-order valence-corrected chi connectivity index (χ4v) is 5.96. The average Bonchev–Trinajstić information content (AvgIpc) is 3.67. The molecule has 2 N–H and O–H groups in total. The first-order chi connectivity index (χ1) is 21.1. The van der Waals surface area contributed by atoms with Gasteiger partial charge in [-0.2, -0.15) is 0 Å². The Kier molecular flexibility index (Phi) is 8.54. The van der Waals surface area contributed by atoms with Crippen molar-refractivity contribution in [1.29, 1.82) is 0 Å². The summed E-state index contributed by atoms with van der Waals surface area (Å²) in [5.41, 5.74) is 14.7. The average molecular weight is 591 g/mol. The Morgan fingerprint density at radius 3 is 1.43 bits per heavy atom. The number of hydrogen-bond donors (Lipinski definition) is 2. The molecule has 0 radical (unpaired) electrons. The summed E-state index contributed by atoms with van der Waals surface area (Å²) in [6, 6.07) is 8.14.